The number of pyridine rings is 3. The van der Waals surface area contributed by atoms with Crippen LogP contribution in [0.2, 0.25) is 0 Å². The molecule has 0 aromatic carbocycles. The number of alkyl halides is 1. The van der Waals surface area contributed by atoms with Crippen molar-refractivity contribution in [2.45, 2.75) is 19.3 Å². The summed E-state index contributed by atoms with van der Waals surface area (Å²) in [4.78, 5) is 14.1. The van der Waals surface area contributed by atoms with E-state index in [-0.39, 0.29) is 6.67 Å². The molecule has 0 fully saturated rings. The first-order valence-electron chi connectivity index (χ1n) is 8.57. The van der Waals surface area contributed by atoms with Gasteiger partial charge in [0.15, 0.2) is 23.6 Å². The minimum atomic E-state index is -2.05. The summed E-state index contributed by atoms with van der Waals surface area (Å²) in [5.74, 6) is 0. The molecule has 0 spiro atoms. The molecule has 128 valence electrons. The Morgan fingerprint density at radius 2 is 1.12 bits per heavy atom. The third-order valence-electron chi connectivity index (χ3n) is 4.25. The smallest absolute Gasteiger partial charge is 0.196 e. The maximum Gasteiger partial charge on any atom is 0.196 e. The van der Waals surface area contributed by atoms with Crippen LogP contribution in [-0.2, 0) is 0 Å². The fraction of sp³-hybridized carbons (Fsp3) is 0.250. The fourth-order valence-corrected chi connectivity index (χ4v) is 6.96. The van der Waals surface area contributed by atoms with E-state index >= 15 is 0 Å². The number of rotatable bonds is 8. The van der Waals surface area contributed by atoms with Gasteiger partial charge in [0.1, 0.15) is 0 Å². The molecule has 0 unspecified atom stereocenters. The zero-order valence-corrected chi connectivity index (χ0v) is 15.0. The van der Waals surface area contributed by atoms with Gasteiger partial charge in [-0.25, -0.2) is 15.0 Å². The van der Waals surface area contributed by atoms with Crippen molar-refractivity contribution >= 4 is 23.6 Å². The Morgan fingerprint density at radius 1 is 0.640 bits per heavy atom. The third-order valence-corrected chi connectivity index (χ3v) is 8.38. The van der Waals surface area contributed by atoms with Crippen LogP contribution in [0.15, 0.2) is 73.2 Å². The van der Waals surface area contributed by atoms with Crippen molar-refractivity contribution in [2.24, 2.45) is 0 Å². The van der Waals surface area contributed by atoms with E-state index in [0.717, 1.165) is 35.3 Å². The maximum atomic E-state index is 12.6. The monoisotopic (exact) mass is 353 g/mol. The Morgan fingerprint density at radius 3 is 1.48 bits per heavy atom. The highest BCUT2D eigenvalue weighted by Crippen LogP contribution is 2.54. The van der Waals surface area contributed by atoms with Crippen molar-refractivity contribution in [3.63, 3.8) is 0 Å². The Hall–Kier alpha value is -2.19. The molecule has 0 radical (unpaired) electrons. The normalized spacial score (nSPS) is 11.4. The van der Waals surface area contributed by atoms with E-state index in [2.05, 4.69) is 18.2 Å². The molecule has 0 aliphatic carbocycles. The van der Waals surface area contributed by atoms with Crippen LogP contribution in [0.5, 0.6) is 0 Å². The molecular formula is C20H22FN3P+. The second-order valence-electron chi connectivity index (χ2n) is 5.85. The molecule has 0 bridgehead atoms. The van der Waals surface area contributed by atoms with Crippen molar-refractivity contribution < 1.29 is 4.39 Å². The average Bonchev–Trinajstić information content (AvgIpc) is 2.70. The molecule has 0 N–H and O–H groups in total. The minimum absolute atomic E-state index is 0.262. The van der Waals surface area contributed by atoms with E-state index in [9.17, 15) is 4.39 Å². The molecule has 0 aliphatic rings. The molecule has 3 aromatic rings. The van der Waals surface area contributed by atoms with Crippen LogP contribution in [0.1, 0.15) is 19.3 Å². The first kappa shape index (κ1) is 17.6. The lowest BCUT2D eigenvalue weighted by molar-refractivity contribution is 0.460. The second-order valence-corrected chi connectivity index (χ2v) is 9.29. The molecule has 25 heavy (non-hydrogen) atoms. The first-order valence-corrected chi connectivity index (χ1v) is 10.5. The summed E-state index contributed by atoms with van der Waals surface area (Å²) in [6.45, 7) is -0.262. The van der Waals surface area contributed by atoms with Gasteiger partial charge in [0.25, 0.3) is 0 Å². The van der Waals surface area contributed by atoms with Crippen LogP contribution in [-0.4, -0.2) is 27.8 Å². The molecule has 3 heterocycles. The first-order chi connectivity index (χ1) is 12.4. The summed E-state index contributed by atoms with van der Waals surface area (Å²) in [6, 6.07) is 18.1. The number of halogens is 1. The van der Waals surface area contributed by atoms with Crippen LogP contribution in [0.3, 0.4) is 0 Å². The largest absolute Gasteiger partial charge is 0.251 e. The van der Waals surface area contributed by atoms with Gasteiger partial charge in [-0.2, -0.15) is 0 Å². The van der Waals surface area contributed by atoms with E-state index in [1.807, 2.05) is 55.0 Å². The van der Waals surface area contributed by atoms with Gasteiger partial charge in [-0.05, 0) is 37.5 Å². The lowest BCUT2D eigenvalue weighted by Gasteiger charge is -2.24. The zero-order valence-electron chi connectivity index (χ0n) is 14.1. The van der Waals surface area contributed by atoms with Crippen molar-refractivity contribution in [3.05, 3.63) is 73.2 Å². The highest BCUT2D eigenvalue weighted by atomic mass is 31.2. The molecule has 3 nitrogen and oxygen atoms in total. The molecule has 0 saturated carbocycles. The van der Waals surface area contributed by atoms with E-state index < -0.39 is 7.26 Å². The molecule has 0 amide bonds. The number of hydrogen-bond donors (Lipinski definition) is 0. The summed E-state index contributed by atoms with van der Waals surface area (Å²) < 4.78 is 12.6. The van der Waals surface area contributed by atoms with Crippen molar-refractivity contribution in [1.29, 1.82) is 0 Å². The Labute approximate surface area is 148 Å². The predicted octanol–water partition coefficient (Wildman–Crippen LogP) is 3.31. The van der Waals surface area contributed by atoms with Gasteiger partial charge in [0.05, 0.1) is 12.8 Å². The van der Waals surface area contributed by atoms with Gasteiger partial charge in [0, 0.05) is 36.8 Å². The Bertz CT molecular complexity index is 657. The molecule has 5 heteroatoms. The highest BCUT2D eigenvalue weighted by molar-refractivity contribution is 7.95. The molecule has 0 saturated heterocycles. The lowest BCUT2D eigenvalue weighted by atomic mass is 10.3. The zero-order chi connectivity index (χ0) is 17.4. The number of aromatic nitrogens is 3. The van der Waals surface area contributed by atoms with Gasteiger partial charge < -0.3 is 0 Å². The summed E-state index contributed by atoms with van der Waals surface area (Å²) >= 11 is 0. The Balaban J connectivity index is 2.13. The molecule has 0 aliphatic heterocycles. The average molecular weight is 353 g/mol. The summed E-state index contributed by atoms with van der Waals surface area (Å²) in [6.07, 6.45) is 8.80. The molecule has 3 rings (SSSR count). The molecule has 0 atom stereocenters. The van der Waals surface area contributed by atoms with Crippen LogP contribution in [0, 0.1) is 0 Å². The van der Waals surface area contributed by atoms with Crippen LogP contribution in [0.4, 0.5) is 4.39 Å². The van der Waals surface area contributed by atoms with Crippen molar-refractivity contribution in [1.82, 2.24) is 15.0 Å². The predicted molar refractivity (Wildman–Crippen MR) is 103 cm³/mol. The highest BCUT2D eigenvalue weighted by Gasteiger charge is 2.49. The Kier molecular flexibility index (Phi) is 6.19. The van der Waals surface area contributed by atoms with Crippen LogP contribution >= 0.6 is 7.26 Å². The molecular weight excluding hydrogens is 331 g/mol. The van der Waals surface area contributed by atoms with E-state index in [1.165, 1.54) is 0 Å². The minimum Gasteiger partial charge on any atom is -0.251 e. The SMILES string of the molecule is [18F]CCCCC[P+](c1ccccn1)(c1ccccn1)c1ccccn1. The quantitative estimate of drug-likeness (QED) is 0.461. The van der Waals surface area contributed by atoms with Gasteiger partial charge >= 0.3 is 0 Å². The number of nitrogens with zero attached hydrogens (tertiary/aromatic N) is 3. The van der Waals surface area contributed by atoms with Gasteiger partial charge in [-0.15, -0.1) is 0 Å². The van der Waals surface area contributed by atoms with Crippen molar-refractivity contribution in [2.75, 3.05) is 12.8 Å². The standard InChI is InChI=1S/C20H22FN3P/c21-13-5-1-9-17-25(18-10-2-6-14-22-18,19-11-3-7-15-23-19)20-12-4-8-16-24-20/h2-4,6-8,10-12,14-16H,1,5,9,13,17H2/q+1/i21-1. The van der Waals surface area contributed by atoms with Gasteiger partial charge in [0.2, 0.25) is 0 Å². The summed E-state index contributed by atoms with van der Waals surface area (Å²) in [5, 5.41) is 0. The van der Waals surface area contributed by atoms with Gasteiger partial charge in [-0.1, -0.05) is 18.2 Å². The third kappa shape index (κ3) is 3.91. The molecule has 3 aromatic heterocycles. The van der Waals surface area contributed by atoms with Crippen molar-refractivity contribution in [3.8, 4) is 0 Å². The number of unbranched alkanes of at least 4 members (excludes halogenated alkanes) is 2. The topological polar surface area (TPSA) is 38.7 Å². The second kappa shape index (κ2) is 8.77. The van der Waals surface area contributed by atoms with Gasteiger partial charge in [-0.3, -0.25) is 4.39 Å². The van der Waals surface area contributed by atoms with E-state index in [4.69, 9.17) is 15.0 Å². The van der Waals surface area contributed by atoms with Crippen LogP contribution in [0.25, 0.3) is 0 Å². The lowest BCUT2D eigenvalue weighted by Crippen LogP contribution is -2.37. The fourth-order valence-electron chi connectivity index (χ4n) is 3.05. The van der Waals surface area contributed by atoms with E-state index in [0.29, 0.717) is 6.42 Å². The summed E-state index contributed by atoms with van der Waals surface area (Å²) in [5.41, 5.74) is 3.10. The van der Waals surface area contributed by atoms with Crippen LogP contribution < -0.4 is 16.3 Å². The maximum absolute atomic E-state index is 12.6. The summed E-state index contributed by atoms with van der Waals surface area (Å²) in [7, 11) is -2.05. The number of hydrogen-bond acceptors (Lipinski definition) is 3. The van der Waals surface area contributed by atoms with E-state index in [1.54, 1.807) is 0 Å².